The first-order chi connectivity index (χ1) is 9.08. The molecule has 1 aromatic carbocycles. The van der Waals surface area contributed by atoms with Gasteiger partial charge in [-0.25, -0.2) is 4.79 Å². The van der Waals surface area contributed by atoms with E-state index in [-0.39, 0.29) is 12.1 Å². The zero-order valence-corrected chi connectivity index (χ0v) is 11.7. The minimum absolute atomic E-state index is 0.00773. The predicted octanol–water partition coefficient (Wildman–Crippen LogP) is 4.04. The van der Waals surface area contributed by atoms with Crippen molar-refractivity contribution in [3.05, 3.63) is 53.6 Å². The van der Waals surface area contributed by atoms with Crippen molar-refractivity contribution in [3.63, 3.8) is 0 Å². The number of allylic oxidation sites excluding steroid dienone is 2. The van der Waals surface area contributed by atoms with Crippen molar-refractivity contribution in [2.45, 2.75) is 26.8 Å². The van der Waals surface area contributed by atoms with E-state index in [4.69, 9.17) is 0 Å². The molecule has 1 atom stereocenters. The molecule has 0 saturated carbocycles. The molecule has 0 bridgehead atoms. The van der Waals surface area contributed by atoms with E-state index in [1.807, 2.05) is 37.0 Å². The van der Waals surface area contributed by atoms with Crippen LogP contribution in [0, 0.1) is 6.92 Å². The summed E-state index contributed by atoms with van der Waals surface area (Å²) in [7, 11) is 0. The number of carbonyl (C=O) groups is 1. The van der Waals surface area contributed by atoms with Crippen molar-refractivity contribution >= 4 is 11.7 Å². The van der Waals surface area contributed by atoms with E-state index in [2.05, 4.69) is 24.9 Å². The van der Waals surface area contributed by atoms with Crippen LogP contribution in [0.3, 0.4) is 0 Å². The lowest BCUT2D eigenvalue weighted by Gasteiger charge is -2.37. The summed E-state index contributed by atoms with van der Waals surface area (Å²) in [6.07, 6.45) is 3.74. The molecule has 0 fully saturated rings. The van der Waals surface area contributed by atoms with E-state index in [0.29, 0.717) is 6.54 Å². The third-order valence-electron chi connectivity index (χ3n) is 3.47. The van der Waals surface area contributed by atoms with Gasteiger partial charge < -0.3 is 10.2 Å². The maximum absolute atomic E-state index is 12.2. The zero-order valence-electron chi connectivity index (χ0n) is 11.7. The fraction of sp³-hybridized carbons (Fsp3) is 0.312. The number of carbonyl (C=O) groups excluding carboxylic acids is 1. The van der Waals surface area contributed by atoms with Crippen LogP contribution < -0.4 is 5.32 Å². The number of amides is 2. The molecule has 2 amide bonds. The molecule has 1 heterocycles. The van der Waals surface area contributed by atoms with Gasteiger partial charge in [-0.2, -0.15) is 0 Å². The molecule has 0 spiro atoms. The average molecular weight is 256 g/mol. The third kappa shape index (κ3) is 2.41. The molecule has 1 aliphatic rings. The lowest BCUT2D eigenvalue weighted by atomic mass is 9.93. The van der Waals surface area contributed by atoms with Crippen LogP contribution in [0.2, 0.25) is 0 Å². The summed E-state index contributed by atoms with van der Waals surface area (Å²) in [5, 5.41) is 2.95. The van der Waals surface area contributed by atoms with E-state index < -0.39 is 0 Å². The van der Waals surface area contributed by atoms with Crippen LogP contribution in [0.4, 0.5) is 10.5 Å². The van der Waals surface area contributed by atoms with Gasteiger partial charge in [-0.1, -0.05) is 36.4 Å². The Kier molecular flexibility index (Phi) is 3.74. The van der Waals surface area contributed by atoms with Gasteiger partial charge in [0.05, 0.1) is 6.04 Å². The van der Waals surface area contributed by atoms with Crippen molar-refractivity contribution in [1.82, 2.24) is 4.90 Å². The van der Waals surface area contributed by atoms with Gasteiger partial charge in [0, 0.05) is 17.8 Å². The Morgan fingerprint density at radius 2 is 2.26 bits per heavy atom. The van der Waals surface area contributed by atoms with Gasteiger partial charge >= 0.3 is 6.03 Å². The molecular weight excluding hydrogens is 236 g/mol. The largest absolute Gasteiger partial charge is 0.322 e. The minimum atomic E-state index is -0.0411. The van der Waals surface area contributed by atoms with Gasteiger partial charge in [0.1, 0.15) is 0 Å². The number of hydrogen-bond donors (Lipinski definition) is 1. The summed E-state index contributed by atoms with van der Waals surface area (Å²) in [4.78, 5) is 14.0. The van der Waals surface area contributed by atoms with Crippen LogP contribution in [0.1, 0.15) is 31.0 Å². The fourth-order valence-corrected chi connectivity index (χ4v) is 2.59. The Labute approximate surface area is 114 Å². The van der Waals surface area contributed by atoms with Crippen molar-refractivity contribution in [2.75, 3.05) is 11.9 Å². The number of urea groups is 1. The van der Waals surface area contributed by atoms with Gasteiger partial charge in [0.2, 0.25) is 0 Å². The second-order valence-electron chi connectivity index (χ2n) is 4.86. The van der Waals surface area contributed by atoms with Gasteiger partial charge in [0.25, 0.3) is 0 Å². The second-order valence-corrected chi connectivity index (χ2v) is 4.86. The molecule has 100 valence electrons. The number of fused-ring (bicyclic) bond motifs is 1. The number of likely N-dealkylation sites (N-methyl/N-ethyl adjacent to an activating group) is 1. The van der Waals surface area contributed by atoms with Gasteiger partial charge in [0.15, 0.2) is 0 Å². The number of aryl methyl sites for hydroxylation is 1. The Morgan fingerprint density at radius 1 is 1.53 bits per heavy atom. The highest BCUT2D eigenvalue weighted by atomic mass is 16.2. The lowest BCUT2D eigenvalue weighted by Crippen LogP contribution is -2.42. The molecular formula is C16H20N2O. The second kappa shape index (κ2) is 5.31. The third-order valence-corrected chi connectivity index (χ3v) is 3.47. The number of anilines is 1. The molecule has 1 unspecified atom stereocenters. The summed E-state index contributed by atoms with van der Waals surface area (Å²) < 4.78 is 0. The van der Waals surface area contributed by atoms with E-state index in [0.717, 1.165) is 16.8 Å². The summed E-state index contributed by atoms with van der Waals surface area (Å²) in [6.45, 7) is 10.5. The summed E-state index contributed by atoms with van der Waals surface area (Å²) in [5.41, 5.74) is 4.38. The Bertz CT molecular complexity index is 546. The Hall–Kier alpha value is -2.03. The molecule has 0 saturated heterocycles. The van der Waals surface area contributed by atoms with E-state index in [1.54, 1.807) is 6.08 Å². The van der Waals surface area contributed by atoms with Gasteiger partial charge in [-0.3, -0.25) is 0 Å². The normalized spacial score (nSPS) is 18.9. The van der Waals surface area contributed by atoms with Gasteiger partial charge in [-0.05, 0) is 32.4 Å². The molecule has 19 heavy (non-hydrogen) atoms. The maximum atomic E-state index is 12.2. The Morgan fingerprint density at radius 3 is 2.89 bits per heavy atom. The molecule has 0 aliphatic carbocycles. The molecule has 2 rings (SSSR count). The average Bonchev–Trinajstić information content (AvgIpc) is 2.38. The summed E-state index contributed by atoms with van der Waals surface area (Å²) in [6, 6.07) is 6.09. The summed E-state index contributed by atoms with van der Waals surface area (Å²) in [5.74, 6) is 0. The monoisotopic (exact) mass is 256 g/mol. The maximum Gasteiger partial charge on any atom is 0.322 e. The minimum Gasteiger partial charge on any atom is -0.314 e. The van der Waals surface area contributed by atoms with Crippen LogP contribution in [-0.2, 0) is 0 Å². The molecule has 3 nitrogen and oxygen atoms in total. The van der Waals surface area contributed by atoms with Crippen molar-refractivity contribution in [1.29, 1.82) is 0 Å². The molecule has 1 aromatic rings. The van der Waals surface area contributed by atoms with Crippen LogP contribution in [0.5, 0.6) is 0 Å². The summed E-state index contributed by atoms with van der Waals surface area (Å²) >= 11 is 0. The molecule has 0 aromatic heterocycles. The van der Waals surface area contributed by atoms with Crippen molar-refractivity contribution in [2.24, 2.45) is 0 Å². The fourth-order valence-electron chi connectivity index (χ4n) is 2.59. The van der Waals surface area contributed by atoms with Crippen molar-refractivity contribution < 1.29 is 4.79 Å². The van der Waals surface area contributed by atoms with Crippen LogP contribution in [-0.4, -0.2) is 17.5 Å². The number of nitrogens with one attached hydrogen (secondary N) is 1. The first-order valence-corrected chi connectivity index (χ1v) is 6.55. The molecule has 1 aliphatic heterocycles. The van der Waals surface area contributed by atoms with Crippen LogP contribution in [0.25, 0.3) is 0 Å². The van der Waals surface area contributed by atoms with Crippen molar-refractivity contribution in [3.8, 4) is 0 Å². The van der Waals surface area contributed by atoms with E-state index >= 15 is 0 Å². The SMILES string of the molecule is C=C/C=C(\C)C1c2cc(C)ccc2NC(=O)N1CC. The molecule has 3 heteroatoms. The topological polar surface area (TPSA) is 32.3 Å². The number of benzene rings is 1. The quantitative estimate of drug-likeness (QED) is 0.813. The number of rotatable bonds is 3. The van der Waals surface area contributed by atoms with E-state index in [9.17, 15) is 4.79 Å². The van der Waals surface area contributed by atoms with Crippen LogP contribution in [0.15, 0.2) is 42.5 Å². The van der Waals surface area contributed by atoms with E-state index in [1.165, 1.54) is 5.56 Å². The number of hydrogen-bond acceptors (Lipinski definition) is 1. The smallest absolute Gasteiger partial charge is 0.314 e. The molecule has 0 radical (unpaired) electrons. The number of nitrogens with zero attached hydrogens (tertiary/aromatic N) is 1. The highest BCUT2D eigenvalue weighted by molar-refractivity contribution is 5.93. The van der Waals surface area contributed by atoms with Crippen LogP contribution >= 0.6 is 0 Å². The predicted molar refractivity (Wildman–Crippen MR) is 79.3 cm³/mol. The lowest BCUT2D eigenvalue weighted by molar-refractivity contribution is 0.197. The standard InChI is InChI=1S/C16H20N2O/c1-5-7-12(4)15-13-10-11(3)8-9-14(13)17-16(19)18(15)6-2/h5,7-10,15H,1,6H2,2-4H3,(H,17,19)/b12-7+. The van der Waals surface area contributed by atoms with Gasteiger partial charge in [-0.15, -0.1) is 0 Å². The Balaban J connectivity index is 2.58. The highest BCUT2D eigenvalue weighted by Crippen LogP contribution is 2.37. The first-order valence-electron chi connectivity index (χ1n) is 6.55. The zero-order chi connectivity index (χ0) is 14.0. The molecule has 1 N–H and O–H groups in total. The first kappa shape index (κ1) is 13.4. The highest BCUT2D eigenvalue weighted by Gasteiger charge is 2.32.